The standard InChI is InChI=1S/C20H23FN2O3/c1-26-19-8-6-14(12-22-19)20(15-10-17(24)11-15)23-18(25)7-5-13-3-2-4-16(21)9-13/h2-4,6,8-9,12,15,17,20,24H,5,7,10-11H2,1H3,(H,23,25). The van der Waals surface area contributed by atoms with Crippen LogP contribution in [-0.2, 0) is 11.2 Å². The molecule has 1 unspecified atom stereocenters. The lowest BCUT2D eigenvalue weighted by atomic mass is 9.75. The Morgan fingerprint density at radius 1 is 1.38 bits per heavy atom. The van der Waals surface area contributed by atoms with Crippen molar-refractivity contribution >= 4 is 5.91 Å². The number of halogens is 1. The Bertz CT molecular complexity index is 745. The first-order chi connectivity index (χ1) is 12.5. The number of pyridine rings is 1. The average molecular weight is 358 g/mol. The SMILES string of the molecule is COc1ccc(C(NC(=O)CCc2cccc(F)c2)C2CC(O)C2)cn1. The van der Waals surface area contributed by atoms with Gasteiger partial charge in [0, 0.05) is 18.7 Å². The van der Waals surface area contributed by atoms with Crippen molar-refractivity contribution in [2.45, 2.75) is 37.8 Å². The molecule has 1 aliphatic carbocycles. The van der Waals surface area contributed by atoms with Gasteiger partial charge in [-0.1, -0.05) is 18.2 Å². The molecule has 0 radical (unpaired) electrons. The van der Waals surface area contributed by atoms with Gasteiger partial charge in [-0.15, -0.1) is 0 Å². The summed E-state index contributed by atoms with van der Waals surface area (Å²) < 4.78 is 18.3. The van der Waals surface area contributed by atoms with Crippen molar-refractivity contribution in [3.05, 3.63) is 59.5 Å². The molecule has 6 heteroatoms. The Morgan fingerprint density at radius 2 is 2.19 bits per heavy atom. The second kappa shape index (κ2) is 8.27. The molecule has 0 saturated heterocycles. The van der Waals surface area contributed by atoms with Crippen LogP contribution < -0.4 is 10.1 Å². The first-order valence-corrected chi connectivity index (χ1v) is 8.77. The molecule has 0 aliphatic heterocycles. The number of rotatable bonds is 7. The Morgan fingerprint density at radius 3 is 2.81 bits per heavy atom. The van der Waals surface area contributed by atoms with Gasteiger partial charge in [0.25, 0.3) is 0 Å². The molecular formula is C20H23FN2O3. The number of aromatic nitrogens is 1. The van der Waals surface area contributed by atoms with Gasteiger partial charge in [-0.2, -0.15) is 0 Å². The molecule has 3 rings (SSSR count). The van der Waals surface area contributed by atoms with Crippen molar-refractivity contribution in [1.29, 1.82) is 0 Å². The van der Waals surface area contributed by atoms with E-state index in [1.807, 2.05) is 12.1 Å². The lowest BCUT2D eigenvalue weighted by Crippen LogP contribution is -2.41. The van der Waals surface area contributed by atoms with Crippen LogP contribution in [0.2, 0.25) is 0 Å². The van der Waals surface area contributed by atoms with E-state index in [9.17, 15) is 14.3 Å². The first-order valence-electron chi connectivity index (χ1n) is 8.77. The number of amides is 1. The smallest absolute Gasteiger partial charge is 0.220 e. The fraction of sp³-hybridized carbons (Fsp3) is 0.400. The third-order valence-electron chi connectivity index (χ3n) is 4.79. The van der Waals surface area contributed by atoms with E-state index in [0.29, 0.717) is 25.1 Å². The van der Waals surface area contributed by atoms with E-state index in [2.05, 4.69) is 10.3 Å². The van der Waals surface area contributed by atoms with Gasteiger partial charge in [0.05, 0.1) is 19.3 Å². The summed E-state index contributed by atoms with van der Waals surface area (Å²) in [6, 6.07) is 9.73. The van der Waals surface area contributed by atoms with Crippen LogP contribution in [0.25, 0.3) is 0 Å². The number of aliphatic hydroxyl groups is 1. The van der Waals surface area contributed by atoms with Crippen LogP contribution in [0.15, 0.2) is 42.6 Å². The van der Waals surface area contributed by atoms with Gasteiger partial charge in [0.1, 0.15) is 5.82 Å². The molecule has 1 aliphatic rings. The number of hydrogen-bond acceptors (Lipinski definition) is 4. The minimum atomic E-state index is -0.307. The Hall–Kier alpha value is -2.47. The van der Waals surface area contributed by atoms with Crippen molar-refractivity contribution in [3.63, 3.8) is 0 Å². The molecule has 0 spiro atoms. The summed E-state index contributed by atoms with van der Waals surface area (Å²) in [5.74, 6) is 0.293. The van der Waals surface area contributed by atoms with E-state index in [4.69, 9.17) is 4.74 Å². The van der Waals surface area contributed by atoms with Crippen molar-refractivity contribution < 1.29 is 19.0 Å². The molecule has 1 heterocycles. The van der Waals surface area contributed by atoms with Crippen LogP contribution in [0.3, 0.4) is 0 Å². The van der Waals surface area contributed by atoms with Crippen LogP contribution >= 0.6 is 0 Å². The number of carbonyl (C=O) groups is 1. The number of ether oxygens (including phenoxy) is 1. The predicted octanol–water partition coefficient (Wildman–Crippen LogP) is 2.79. The Labute approximate surface area is 152 Å². The highest BCUT2D eigenvalue weighted by molar-refractivity contribution is 5.76. The summed E-state index contributed by atoms with van der Waals surface area (Å²) in [7, 11) is 1.55. The first kappa shape index (κ1) is 18.3. The van der Waals surface area contributed by atoms with Crippen molar-refractivity contribution in [2.24, 2.45) is 5.92 Å². The van der Waals surface area contributed by atoms with Crippen LogP contribution in [0.5, 0.6) is 5.88 Å². The zero-order valence-corrected chi connectivity index (χ0v) is 14.7. The highest BCUT2D eigenvalue weighted by atomic mass is 19.1. The maximum Gasteiger partial charge on any atom is 0.220 e. The summed E-state index contributed by atoms with van der Waals surface area (Å²) in [5.41, 5.74) is 1.68. The van der Waals surface area contributed by atoms with Gasteiger partial charge < -0.3 is 15.2 Å². The van der Waals surface area contributed by atoms with Crippen molar-refractivity contribution in [1.82, 2.24) is 10.3 Å². The monoisotopic (exact) mass is 358 g/mol. The molecule has 1 aromatic carbocycles. The molecule has 0 bridgehead atoms. The van der Waals surface area contributed by atoms with Gasteiger partial charge in [-0.25, -0.2) is 9.37 Å². The van der Waals surface area contributed by atoms with Gasteiger partial charge >= 0.3 is 0 Å². The molecule has 138 valence electrons. The lowest BCUT2D eigenvalue weighted by Gasteiger charge is -2.38. The van der Waals surface area contributed by atoms with Crippen LogP contribution in [0, 0.1) is 11.7 Å². The van der Waals surface area contributed by atoms with E-state index < -0.39 is 0 Å². The number of aliphatic hydroxyl groups excluding tert-OH is 1. The second-order valence-electron chi connectivity index (χ2n) is 6.69. The number of aryl methyl sites for hydroxylation is 1. The number of carbonyl (C=O) groups excluding carboxylic acids is 1. The molecule has 1 saturated carbocycles. The molecule has 1 atom stereocenters. The van der Waals surface area contributed by atoms with Crippen molar-refractivity contribution in [3.8, 4) is 5.88 Å². The van der Waals surface area contributed by atoms with E-state index in [-0.39, 0.29) is 36.2 Å². The quantitative estimate of drug-likeness (QED) is 0.798. The van der Waals surface area contributed by atoms with E-state index in [0.717, 1.165) is 11.1 Å². The zero-order chi connectivity index (χ0) is 18.5. The molecule has 1 aromatic heterocycles. The lowest BCUT2D eigenvalue weighted by molar-refractivity contribution is -0.123. The fourth-order valence-corrected chi connectivity index (χ4v) is 3.27. The van der Waals surface area contributed by atoms with Gasteiger partial charge in [0.2, 0.25) is 11.8 Å². The number of hydrogen-bond donors (Lipinski definition) is 2. The summed E-state index contributed by atoms with van der Waals surface area (Å²) in [6.07, 6.45) is 3.45. The Kier molecular flexibility index (Phi) is 5.83. The van der Waals surface area contributed by atoms with Gasteiger partial charge in [0.15, 0.2) is 0 Å². The number of nitrogens with one attached hydrogen (secondary N) is 1. The minimum absolute atomic E-state index is 0.100. The molecule has 26 heavy (non-hydrogen) atoms. The molecule has 5 nitrogen and oxygen atoms in total. The molecule has 2 N–H and O–H groups in total. The van der Waals surface area contributed by atoms with Crippen LogP contribution in [0.4, 0.5) is 4.39 Å². The number of methoxy groups -OCH3 is 1. The third-order valence-corrected chi connectivity index (χ3v) is 4.79. The predicted molar refractivity (Wildman–Crippen MR) is 95.1 cm³/mol. The van der Waals surface area contributed by atoms with Gasteiger partial charge in [-0.3, -0.25) is 4.79 Å². The summed E-state index contributed by atoms with van der Waals surface area (Å²) >= 11 is 0. The van der Waals surface area contributed by atoms with Crippen LogP contribution in [0.1, 0.15) is 36.4 Å². The topological polar surface area (TPSA) is 71.5 Å². The van der Waals surface area contributed by atoms with E-state index in [1.54, 1.807) is 25.4 Å². The van der Waals surface area contributed by atoms with E-state index in [1.165, 1.54) is 12.1 Å². The number of nitrogens with zero attached hydrogens (tertiary/aromatic N) is 1. The maximum atomic E-state index is 13.2. The Balaban J connectivity index is 1.63. The molecule has 2 aromatic rings. The third kappa shape index (κ3) is 4.58. The highest BCUT2D eigenvalue weighted by Gasteiger charge is 2.35. The maximum absolute atomic E-state index is 13.2. The summed E-state index contributed by atoms with van der Waals surface area (Å²) in [4.78, 5) is 16.6. The largest absolute Gasteiger partial charge is 0.481 e. The van der Waals surface area contributed by atoms with E-state index >= 15 is 0 Å². The normalized spacial score (nSPS) is 20.1. The molecule has 1 amide bonds. The van der Waals surface area contributed by atoms with Crippen molar-refractivity contribution in [2.75, 3.05) is 7.11 Å². The zero-order valence-electron chi connectivity index (χ0n) is 14.7. The second-order valence-corrected chi connectivity index (χ2v) is 6.69. The van der Waals surface area contributed by atoms with Gasteiger partial charge in [-0.05, 0) is 48.4 Å². The molecule has 1 fully saturated rings. The highest BCUT2D eigenvalue weighted by Crippen LogP contribution is 2.38. The van der Waals surface area contributed by atoms with Crippen LogP contribution in [-0.4, -0.2) is 29.2 Å². The molecular weight excluding hydrogens is 335 g/mol. The average Bonchev–Trinajstić information content (AvgIpc) is 2.62. The fourth-order valence-electron chi connectivity index (χ4n) is 3.27. The minimum Gasteiger partial charge on any atom is -0.481 e. The summed E-state index contributed by atoms with van der Waals surface area (Å²) in [5, 5.41) is 12.7. The number of benzene rings is 1. The summed E-state index contributed by atoms with van der Waals surface area (Å²) in [6.45, 7) is 0.